The third-order valence-corrected chi connectivity index (χ3v) is 3.44. The van der Waals surface area contributed by atoms with Gasteiger partial charge in [0, 0.05) is 0 Å². The first-order valence-corrected chi connectivity index (χ1v) is 5.11. The van der Waals surface area contributed by atoms with Crippen LogP contribution in [0.4, 0.5) is 0 Å². The van der Waals surface area contributed by atoms with Crippen molar-refractivity contribution in [1.29, 1.82) is 0 Å². The van der Waals surface area contributed by atoms with Gasteiger partial charge in [-0.25, -0.2) is 0 Å². The number of hydrogen-bond acceptors (Lipinski definition) is 1. The maximum absolute atomic E-state index is 9.74. The Morgan fingerprint density at radius 2 is 1.83 bits per heavy atom. The number of hydrogen-bond donors (Lipinski definition) is 1. The monoisotopic (exact) mass is 170 g/mol. The second-order valence-corrected chi connectivity index (χ2v) is 5.29. The van der Waals surface area contributed by atoms with Crippen molar-refractivity contribution in [1.82, 2.24) is 0 Å². The molecule has 0 bridgehead atoms. The van der Waals surface area contributed by atoms with Crippen LogP contribution in [0.5, 0.6) is 0 Å². The van der Waals surface area contributed by atoms with Crippen molar-refractivity contribution < 1.29 is 5.11 Å². The molecule has 12 heavy (non-hydrogen) atoms. The molecule has 0 amide bonds. The minimum absolute atomic E-state index is 0.0764. The van der Waals surface area contributed by atoms with Gasteiger partial charge in [0.15, 0.2) is 0 Å². The average molecular weight is 170 g/mol. The van der Waals surface area contributed by atoms with Gasteiger partial charge in [0.1, 0.15) is 0 Å². The molecule has 1 aliphatic carbocycles. The van der Waals surface area contributed by atoms with Crippen LogP contribution >= 0.6 is 0 Å². The summed E-state index contributed by atoms with van der Waals surface area (Å²) >= 11 is 0. The first-order chi connectivity index (χ1) is 5.43. The molecular weight excluding hydrogens is 148 g/mol. The van der Waals surface area contributed by atoms with Gasteiger partial charge in [0.2, 0.25) is 0 Å². The third kappa shape index (κ3) is 2.01. The summed E-state index contributed by atoms with van der Waals surface area (Å²) in [7, 11) is 0. The summed E-state index contributed by atoms with van der Waals surface area (Å²) in [4.78, 5) is 0. The van der Waals surface area contributed by atoms with E-state index in [1.165, 1.54) is 12.8 Å². The predicted molar refractivity (Wildman–Crippen MR) is 52.0 cm³/mol. The lowest BCUT2D eigenvalue weighted by molar-refractivity contribution is -0.0162. The first-order valence-electron chi connectivity index (χ1n) is 5.11. The molecule has 0 aromatic heterocycles. The Morgan fingerprint density at radius 1 is 1.25 bits per heavy atom. The number of aliphatic hydroxyl groups excluding tert-OH is 1. The average Bonchev–Trinajstić information content (AvgIpc) is 1.94. The van der Waals surface area contributed by atoms with E-state index in [2.05, 4.69) is 27.7 Å². The SMILES string of the molecule is CC(C)C1CCC(O)C(C)(C)C1. The highest BCUT2D eigenvalue weighted by Crippen LogP contribution is 2.41. The Hall–Kier alpha value is -0.0400. The minimum atomic E-state index is -0.0764. The fourth-order valence-electron chi connectivity index (χ4n) is 2.25. The molecule has 0 spiro atoms. The standard InChI is InChI=1S/C11H22O/c1-8(2)9-5-6-10(12)11(3,4)7-9/h8-10,12H,5-7H2,1-4H3. The third-order valence-electron chi connectivity index (χ3n) is 3.44. The lowest BCUT2D eigenvalue weighted by atomic mass is 9.67. The zero-order valence-electron chi connectivity index (χ0n) is 8.80. The van der Waals surface area contributed by atoms with E-state index in [0.29, 0.717) is 0 Å². The maximum atomic E-state index is 9.74. The Labute approximate surface area is 76.2 Å². The van der Waals surface area contributed by atoms with Crippen LogP contribution in [0.15, 0.2) is 0 Å². The molecule has 1 nitrogen and oxygen atoms in total. The van der Waals surface area contributed by atoms with Crippen LogP contribution in [-0.2, 0) is 0 Å². The molecule has 2 unspecified atom stereocenters. The molecule has 1 aliphatic rings. The lowest BCUT2D eigenvalue weighted by Gasteiger charge is -2.41. The Kier molecular flexibility index (Phi) is 2.82. The second kappa shape index (κ2) is 3.37. The van der Waals surface area contributed by atoms with Crippen molar-refractivity contribution in [3.8, 4) is 0 Å². The molecular formula is C11H22O. The Bertz CT molecular complexity index is 149. The molecule has 1 fully saturated rings. The molecule has 0 heterocycles. The Balaban J connectivity index is 2.57. The van der Waals surface area contributed by atoms with Crippen LogP contribution in [-0.4, -0.2) is 11.2 Å². The van der Waals surface area contributed by atoms with E-state index in [1.54, 1.807) is 0 Å². The summed E-state index contributed by atoms with van der Waals surface area (Å²) in [5.74, 6) is 1.60. The topological polar surface area (TPSA) is 20.2 Å². The normalized spacial score (nSPS) is 35.5. The van der Waals surface area contributed by atoms with Crippen molar-refractivity contribution in [2.24, 2.45) is 17.3 Å². The number of aliphatic hydroxyl groups is 1. The van der Waals surface area contributed by atoms with Crippen molar-refractivity contribution in [3.63, 3.8) is 0 Å². The molecule has 0 radical (unpaired) electrons. The molecule has 0 aromatic rings. The maximum Gasteiger partial charge on any atom is 0.0591 e. The number of rotatable bonds is 1. The highest BCUT2D eigenvalue weighted by Gasteiger charge is 2.36. The fourth-order valence-corrected chi connectivity index (χ4v) is 2.25. The minimum Gasteiger partial charge on any atom is -0.393 e. The van der Waals surface area contributed by atoms with Crippen molar-refractivity contribution >= 4 is 0 Å². The van der Waals surface area contributed by atoms with Gasteiger partial charge in [0.05, 0.1) is 6.10 Å². The van der Waals surface area contributed by atoms with Crippen LogP contribution in [0.3, 0.4) is 0 Å². The molecule has 0 aromatic carbocycles. The summed E-state index contributed by atoms with van der Waals surface area (Å²) < 4.78 is 0. The van der Waals surface area contributed by atoms with E-state index in [9.17, 15) is 5.11 Å². The molecule has 1 heteroatoms. The van der Waals surface area contributed by atoms with E-state index in [1.807, 2.05) is 0 Å². The van der Waals surface area contributed by atoms with Gasteiger partial charge in [-0.3, -0.25) is 0 Å². The fraction of sp³-hybridized carbons (Fsp3) is 1.00. The van der Waals surface area contributed by atoms with Crippen LogP contribution in [0.2, 0.25) is 0 Å². The molecule has 1 rings (SSSR count). The van der Waals surface area contributed by atoms with Crippen LogP contribution in [0, 0.1) is 17.3 Å². The molecule has 2 atom stereocenters. The van der Waals surface area contributed by atoms with Gasteiger partial charge >= 0.3 is 0 Å². The van der Waals surface area contributed by atoms with Gasteiger partial charge in [-0.2, -0.15) is 0 Å². The van der Waals surface area contributed by atoms with Crippen LogP contribution in [0.25, 0.3) is 0 Å². The predicted octanol–water partition coefficient (Wildman–Crippen LogP) is 2.83. The smallest absolute Gasteiger partial charge is 0.0591 e. The molecule has 72 valence electrons. The van der Waals surface area contributed by atoms with Gasteiger partial charge in [0.25, 0.3) is 0 Å². The molecule has 1 N–H and O–H groups in total. The molecule has 0 saturated heterocycles. The Morgan fingerprint density at radius 3 is 2.25 bits per heavy atom. The van der Waals surface area contributed by atoms with E-state index < -0.39 is 0 Å². The quantitative estimate of drug-likeness (QED) is 0.641. The summed E-state index contributed by atoms with van der Waals surface area (Å²) in [6, 6.07) is 0. The van der Waals surface area contributed by atoms with E-state index >= 15 is 0 Å². The summed E-state index contributed by atoms with van der Waals surface area (Å²) in [5.41, 5.74) is 0.146. The van der Waals surface area contributed by atoms with Crippen molar-refractivity contribution in [3.05, 3.63) is 0 Å². The highest BCUT2D eigenvalue weighted by molar-refractivity contribution is 4.87. The van der Waals surface area contributed by atoms with Crippen molar-refractivity contribution in [2.45, 2.75) is 53.1 Å². The van der Waals surface area contributed by atoms with Crippen LogP contribution < -0.4 is 0 Å². The zero-order chi connectivity index (χ0) is 9.35. The van der Waals surface area contributed by atoms with E-state index in [4.69, 9.17) is 0 Å². The lowest BCUT2D eigenvalue weighted by Crippen LogP contribution is -2.37. The second-order valence-electron chi connectivity index (χ2n) is 5.29. The summed E-state index contributed by atoms with van der Waals surface area (Å²) in [5, 5.41) is 9.74. The summed E-state index contributed by atoms with van der Waals surface area (Å²) in [6.07, 6.45) is 3.32. The van der Waals surface area contributed by atoms with E-state index in [-0.39, 0.29) is 11.5 Å². The molecule has 1 saturated carbocycles. The zero-order valence-corrected chi connectivity index (χ0v) is 8.80. The molecule has 0 aliphatic heterocycles. The first kappa shape index (κ1) is 10.0. The highest BCUT2D eigenvalue weighted by atomic mass is 16.3. The largest absolute Gasteiger partial charge is 0.393 e. The van der Waals surface area contributed by atoms with Gasteiger partial charge < -0.3 is 5.11 Å². The van der Waals surface area contributed by atoms with Crippen LogP contribution in [0.1, 0.15) is 47.0 Å². The van der Waals surface area contributed by atoms with Crippen molar-refractivity contribution in [2.75, 3.05) is 0 Å². The van der Waals surface area contributed by atoms with Gasteiger partial charge in [-0.05, 0) is 36.5 Å². The van der Waals surface area contributed by atoms with Gasteiger partial charge in [-0.15, -0.1) is 0 Å². The van der Waals surface area contributed by atoms with Gasteiger partial charge in [-0.1, -0.05) is 27.7 Å². The summed E-state index contributed by atoms with van der Waals surface area (Å²) in [6.45, 7) is 8.95. The van der Waals surface area contributed by atoms with E-state index in [0.717, 1.165) is 18.3 Å².